The van der Waals surface area contributed by atoms with Crippen molar-refractivity contribution >= 4 is 38.5 Å². The van der Waals surface area contributed by atoms with Crippen LogP contribution in [0.3, 0.4) is 0 Å². The highest BCUT2D eigenvalue weighted by Gasteiger charge is 2.28. The summed E-state index contributed by atoms with van der Waals surface area (Å²) >= 11 is 3.37. The number of ether oxygens (including phenoxy) is 1. The minimum absolute atomic E-state index is 0.238. The average molecular weight is 446 g/mol. The van der Waals surface area contributed by atoms with E-state index < -0.39 is 10.8 Å². The minimum Gasteiger partial charge on any atom is -0.497 e. The summed E-state index contributed by atoms with van der Waals surface area (Å²) < 4.78 is 19.8. The summed E-state index contributed by atoms with van der Waals surface area (Å²) in [6, 6.07) is 14.5. The van der Waals surface area contributed by atoms with Crippen LogP contribution in [0.15, 0.2) is 53.0 Å². The fourth-order valence-electron chi connectivity index (χ4n) is 2.95. The summed E-state index contributed by atoms with van der Waals surface area (Å²) in [5.41, 5.74) is 2.92. The summed E-state index contributed by atoms with van der Waals surface area (Å²) in [6.07, 6.45) is 0. The zero-order chi connectivity index (χ0) is 19.0. The number of fused-ring (bicyclic) bond motifs is 1. The number of halogens is 1. The highest BCUT2D eigenvalue weighted by molar-refractivity contribution is 9.10. The first-order chi connectivity index (χ1) is 13.0. The van der Waals surface area contributed by atoms with Gasteiger partial charge in [0.2, 0.25) is 0 Å². The Labute approximate surface area is 167 Å². The second-order valence-corrected chi connectivity index (χ2v) is 8.45. The van der Waals surface area contributed by atoms with Crippen molar-refractivity contribution in [1.82, 2.24) is 9.78 Å². The van der Waals surface area contributed by atoms with E-state index in [0.717, 1.165) is 27.2 Å². The molecule has 1 amide bonds. The Morgan fingerprint density at radius 1 is 1.15 bits per heavy atom. The molecule has 0 saturated carbocycles. The summed E-state index contributed by atoms with van der Waals surface area (Å²) in [5, 5.41) is 7.54. The third-order valence-electron chi connectivity index (χ3n) is 4.33. The molecule has 0 radical (unpaired) electrons. The Morgan fingerprint density at radius 3 is 2.52 bits per heavy atom. The molecule has 138 valence electrons. The first kappa shape index (κ1) is 17.9. The number of rotatable bonds is 4. The molecule has 1 aromatic heterocycles. The second-order valence-electron chi connectivity index (χ2n) is 6.07. The van der Waals surface area contributed by atoms with Gasteiger partial charge < -0.3 is 10.1 Å². The average Bonchev–Trinajstić information content (AvgIpc) is 3.19. The molecule has 0 saturated heterocycles. The molecular weight excluding hydrogens is 430 g/mol. The lowest BCUT2D eigenvalue weighted by atomic mass is 10.2. The van der Waals surface area contributed by atoms with Gasteiger partial charge in [0.25, 0.3) is 5.91 Å². The fourth-order valence-corrected chi connectivity index (χ4v) is 4.48. The van der Waals surface area contributed by atoms with Gasteiger partial charge in [0.1, 0.15) is 11.6 Å². The predicted octanol–water partition coefficient (Wildman–Crippen LogP) is 3.66. The van der Waals surface area contributed by atoms with Crippen molar-refractivity contribution in [3.8, 4) is 11.4 Å². The molecule has 0 spiro atoms. The number of carbonyl (C=O) groups excluding carboxylic acids is 1. The largest absolute Gasteiger partial charge is 0.497 e. The number of methoxy groups -OCH3 is 1. The lowest BCUT2D eigenvalue weighted by molar-refractivity contribution is 0.102. The van der Waals surface area contributed by atoms with Gasteiger partial charge in [-0.25, -0.2) is 4.68 Å². The standard InChI is InChI=1S/C19H16BrN3O3S/c1-26-15-8-6-14(7-9-15)23-18(16-10-27(25)11-17(16)22-23)21-19(24)12-2-4-13(20)5-3-12/h2-9H,10-11H2,1H3,(H,21,24). The molecule has 6 nitrogen and oxygen atoms in total. The Balaban J connectivity index is 1.72. The first-order valence-electron chi connectivity index (χ1n) is 8.22. The van der Waals surface area contributed by atoms with Crippen LogP contribution in [0.4, 0.5) is 5.82 Å². The lowest BCUT2D eigenvalue weighted by Gasteiger charge is -2.11. The molecule has 1 unspecified atom stereocenters. The Hall–Kier alpha value is -2.45. The number of amides is 1. The molecule has 3 aromatic rings. The van der Waals surface area contributed by atoms with E-state index in [0.29, 0.717) is 22.9 Å². The molecule has 0 fully saturated rings. The van der Waals surface area contributed by atoms with E-state index in [2.05, 4.69) is 26.3 Å². The van der Waals surface area contributed by atoms with Crippen LogP contribution in [0.5, 0.6) is 5.75 Å². The quantitative estimate of drug-likeness (QED) is 0.664. The smallest absolute Gasteiger partial charge is 0.256 e. The zero-order valence-corrected chi connectivity index (χ0v) is 16.8. The maximum absolute atomic E-state index is 12.7. The van der Waals surface area contributed by atoms with Crippen LogP contribution < -0.4 is 10.1 Å². The highest BCUT2D eigenvalue weighted by atomic mass is 79.9. The normalized spacial score (nSPS) is 15.4. The maximum Gasteiger partial charge on any atom is 0.256 e. The highest BCUT2D eigenvalue weighted by Crippen LogP contribution is 2.32. The maximum atomic E-state index is 12.7. The van der Waals surface area contributed by atoms with E-state index in [1.54, 1.807) is 23.9 Å². The van der Waals surface area contributed by atoms with Crippen LogP contribution in [0, 0.1) is 0 Å². The van der Waals surface area contributed by atoms with E-state index in [1.165, 1.54) is 0 Å². The van der Waals surface area contributed by atoms with E-state index in [9.17, 15) is 9.00 Å². The third kappa shape index (κ3) is 3.54. The van der Waals surface area contributed by atoms with Gasteiger partial charge in [0.15, 0.2) is 0 Å². The van der Waals surface area contributed by atoms with Gasteiger partial charge in [0.05, 0.1) is 30.0 Å². The van der Waals surface area contributed by atoms with Gasteiger partial charge in [-0.1, -0.05) is 15.9 Å². The number of benzene rings is 2. The first-order valence-corrected chi connectivity index (χ1v) is 10.5. The predicted molar refractivity (Wildman–Crippen MR) is 108 cm³/mol. The van der Waals surface area contributed by atoms with Crippen LogP contribution in [0.25, 0.3) is 5.69 Å². The number of nitrogens with zero attached hydrogens (tertiary/aromatic N) is 2. The van der Waals surface area contributed by atoms with Crippen LogP contribution in [0.1, 0.15) is 21.6 Å². The van der Waals surface area contributed by atoms with Crippen molar-refractivity contribution < 1.29 is 13.7 Å². The molecule has 1 N–H and O–H groups in total. The number of nitrogens with one attached hydrogen (secondary N) is 1. The summed E-state index contributed by atoms with van der Waals surface area (Å²) in [4.78, 5) is 12.7. The third-order valence-corrected chi connectivity index (χ3v) is 6.06. The molecule has 27 heavy (non-hydrogen) atoms. The summed E-state index contributed by atoms with van der Waals surface area (Å²) in [7, 11) is 0.624. The topological polar surface area (TPSA) is 73.2 Å². The van der Waals surface area contributed by atoms with Crippen molar-refractivity contribution in [2.45, 2.75) is 11.5 Å². The molecule has 2 heterocycles. The van der Waals surface area contributed by atoms with Crippen molar-refractivity contribution in [1.29, 1.82) is 0 Å². The monoisotopic (exact) mass is 445 g/mol. The van der Waals surface area contributed by atoms with Crippen LogP contribution in [-0.2, 0) is 22.3 Å². The van der Waals surface area contributed by atoms with Gasteiger partial charge in [-0.3, -0.25) is 9.00 Å². The van der Waals surface area contributed by atoms with Crippen molar-refractivity contribution in [3.63, 3.8) is 0 Å². The van der Waals surface area contributed by atoms with E-state index >= 15 is 0 Å². The van der Waals surface area contributed by atoms with Crippen LogP contribution >= 0.6 is 15.9 Å². The van der Waals surface area contributed by atoms with Gasteiger partial charge >= 0.3 is 0 Å². The molecule has 4 rings (SSSR count). The van der Waals surface area contributed by atoms with Crippen molar-refractivity contribution in [2.75, 3.05) is 12.4 Å². The van der Waals surface area contributed by atoms with Crippen LogP contribution in [-0.4, -0.2) is 27.0 Å². The van der Waals surface area contributed by atoms with Gasteiger partial charge in [-0.15, -0.1) is 0 Å². The second kappa shape index (κ2) is 7.28. The molecule has 0 bridgehead atoms. The van der Waals surface area contributed by atoms with Crippen molar-refractivity contribution in [2.24, 2.45) is 0 Å². The summed E-state index contributed by atoms with van der Waals surface area (Å²) in [5.74, 6) is 1.85. The van der Waals surface area contributed by atoms with Gasteiger partial charge in [0, 0.05) is 26.4 Å². The number of hydrogen-bond donors (Lipinski definition) is 1. The summed E-state index contributed by atoms with van der Waals surface area (Å²) in [6.45, 7) is 0. The molecule has 1 aliphatic heterocycles. The van der Waals surface area contributed by atoms with Gasteiger partial charge in [-0.05, 0) is 48.5 Å². The Kier molecular flexibility index (Phi) is 4.84. The molecule has 1 atom stereocenters. The Bertz CT molecular complexity index is 1030. The van der Waals surface area contributed by atoms with Crippen LogP contribution in [0.2, 0.25) is 0 Å². The number of hydrogen-bond acceptors (Lipinski definition) is 4. The Morgan fingerprint density at radius 2 is 1.85 bits per heavy atom. The lowest BCUT2D eigenvalue weighted by Crippen LogP contribution is -2.16. The molecular formula is C19H16BrN3O3S. The van der Waals surface area contributed by atoms with E-state index in [-0.39, 0.29) is 5.91 Å². The zero-order valence-electron chi connectivity index (χ0n) is 14.4. The molecule has 1 aliphatic rings. The number of anilines is 1. The minimum atomic E-state index is -0.984. The SMILES string of the molecule is COc1ccc(-n2nc3c(c2NC(=O)c2ccc(Br)cc2)CS(=O)C3)cc1. The molecule has 0 aliphatic carbocycles. The molecule has 8 heteroatoms. The fraction of sp³-hybridized carbons (Fsp3) is 0.158. The van der Waals surface area contributed by atoms with E-state index in [1.807, 2.05) is 36.4 Å². The van der Waals surface area contributed by atoms with Crippen molar-refractivity contribution in [3.05, 3.63) is 69.8 Å². The van der Waals surface area contributed by atoms with Gasteiger partial charge in [-0.2, -0.15) is 5.10 Å². The van der Waals surface area contributed by atoms with E-state index in [4.69, 9.17) is 4.74 Å². The number of carbonyl (C=O) groups is 1. The molecule has 2 aromatic carbocycles. The number of aromatic nitrogens is 2.